The van der Waals surface area contributed by atoms with Crippen molar-refractivity contribution in [2.24, 2.45) is 0 Å². The van der Waals surface area contributed by atoms with Crippen molar-refractivity contribution in [3.63, 3.8) is 0 Å². The molecule has 4 rings (SSSR count). The minimum Gasteiger partial charge on any atom is -0.387 e. The summed E-state index contributed by atoms with van der Waals surface area (Å²) in [5.41, 5.74) is -0.103. The summed E-state index contributed by atoms with van der Waals surface area (Å²) in [4.78, 5) is 0. The summed E-state index contributed by atoms with van der Waals surface area (Å²) in [6.45, 7) is 4.57. The first-order valence-electron chi connectivity index (χ1n) is 9.97. The van der Waals surface area contributed by atoms with Gasteiger partial charge in [0.15, 0.2) is 0 Å². The number of fused-ring (bicyclic) bond motifs is 3. The Labute approximate surface area is 174 Å². The van der Waals surface area contributed by atoms with Gasteiger partial charge in [0.25, 0.3) is 10.2 Å². The number of β-amino-alcohol motifs (C(OH)–C–C–N with tert-alkyl or cyclic N) is 1. The molecule has 1 aromatic heterocycles. The number of aromatic nitrogens is 1. The first-order valence-corrected chi connectivity index (χ1v) is 11.4. The molecule has 30 heavy (non-hydrogen) atoms. The van der Waals surface area contributed by atoms with Gasteiger partial charge >= 0.3 is 0 Å². The molecule has 1 N–H and O–H groups in total. The van der Waals surface area contributed by atoms with Crippen LogP contribution in [0.25, 0.3) is 21.8 Å². The molecule has 1 aliphatic rings. The molecule has 0 spiro atoms. The Morgan fingerprint density at radius 1 is 0.967 bits per heavy atom. The van der Waals surface area contributed by atoms with Gasteiger partial charge in [-0.15, -0.1) is 0 Å². The van der Waals surface area contributed by atoms with Crippen LogP contribution in [0, 0.1) is 11.6 Å². The Bertz CT molecular complexity index is 1150. The lowest BCUT2D eigenvalue weighted by molar-refractivity contribution is 0.0225. The number of rotatable bonds is 5. The third kappa shape index (κ3) is 3.71. The largest absolute Gasteiger partial charge is 0.387 e. The quantitative estimate of drug-likeness (QED) is 0.667. The number of nitrogens with zero attached hydrogens (tertiary/aromatic N) is 3. The van der Waals surface area contributed by atoms with E-state index in [0.29, 0.717) is 47.9 Å². The number of hydrogen-bond acceptors (Lipinski definition) is 3. The van der Waals surface area contributed by atoms with E-state index in [1.165, 1.54) is 32.9 Å². The summed E-state index contributed by atoms with van der Waals surface area (Å²) in [7, 11) is -3.62. The van der Waals surface area contributed by atoms with Crippen LogP contribution < -0.4 is 0 Å². The van der Waals surface area contributed by atoms with Crippen LogP contribution in [0.1, 0.15) is 20.3 Å². The van der Waals surface area contributed by atoms with E-state index in [9.17, 15) is 22.3 Å². The van der Waals surface area contributed by atoms with Crippen LogP contribution in [0.15, 0.2) is 36.4 Å². The van der Waals surface area contributed by atoms with Gasteiger partial charge in [0.1, 0.15) is 11.6 Å². The highest BCUT2D eigenvalue weighted by Gasteiger charge is 2.37. The van der Waals surface area contributed by atoms with E-state index in [1.54, 1.807) is 30.5 Å². The predicted octanol–water partition coefficient (Wildman–Crippen LogP) is 3.10. The zero-order valence-electron chi connectivity index (χ0n) is 17.0. The van der Waals surface area contributed by atoms with Crippen molar-refractivity contribution < 1.29 is 22.3 Å². The summed E-state index contributed by atoms with van der Waals surface area (Å²) >= 11 is 0. The second-order valence-electron chi connectivity index (χ2n) is 8.09. The summed E-state index contributed by atoms with van der Waals surface area (Å²) in [6.07, 6.45) is 0.692. The monoisotopic (exact) mass is 437 g/mol. The lowest BCUT2D eigenvalue weighted by atomic mass is 10.1. The van der Waals surface area contributed by atoms with E-state index in [0.717, 1.165) is 0 Å². The Morgan fingerprint density at radius 3 is 2.03 bits per heavy atom. The summed E-state index contributed by atoms with van der Waals surface area (Å²) in [6, 6.07) is 8.51. The molecule has 2 aromatic carbocycles. The molecule has 6 nitrogen and oxygen atoms in total. The van der Waals surface area contributed by atoms with Crippen molar-refractivity contribution in [2.45, 2.75) is 32.4 Å². The standard InChI is InChI=1S/C21H25F2N3O3S/c1-3-24-9-4-10-25(30(24,28)29)13-21(2,27)14-26-19-7-5-15(22)11-17(19)18-12-16(23)6-8-20(18)26/h5-8,11-12,27H,3-4,9-10,13-14H2,1-2H3. The van der Waals surface area contributed by atoms with Gasteiger partial charge in [-0.3, -0.25) is 0 Å². The Hall–Kier alpha value is -2.07. The van der Waals surface area contributed by atoms with Crippen molar-refractivity contribution in [1.82, 2.24) is 13.2 Å². The van der Waals surface area contributed by atoms with Crippen LogP contribution in [-0.2, 0) is 16.8 Å². The third-order valence-electron chi connectivity index (χ3n) is 5.62. The highest BCUT2D eigenvalue weighted by atomic mass is 32.2. The van der Waals surface area contributed by atoms with Crippen molar-refractivity contribution in [1.29, 1.82) is 0 Å². The average Bonchev–Trinajstić information content (AvgIpc) is 2.95. The molecule has 0 radical (unpaired) electrons. The number of hydrogen-bond donors (Lipinski definition) is 1. The molecule has 0 aliphatic carbocycles. The first kappa shape index (κ1) is 21.2. The molecule has 0 bridgehead atoms. The molecule has 1 saturated heterocycles. The molecule has 0 saturated carbocycles. The molecule has 162 valence electrons. The Morgan fingerprint density at radius 2 is 1.50 bits per heavy atom. The minimum absolute atomic E-state index is 0.0718. The SMILES string of the molecule is CCN1CCCN(CC(C)(O)Cn2c3ccc(F)cc3c3cc(F)ccc32)S1(=O)=O. The summed E-state index contributed by atoms with van der Waals surface area (Å²) in [5.74, 6) is -0.867. The van der Waals surface area contributed by atoms with Gasteiger partial charge in [-0.1, -0.05) is 6.92 Å². The second kappa shape index (κ2) is 7.56. The van der Waals surface area contributed by atoms with Crippen LogP contribution in [-0.4, -0.2) is 58.5 Å². The molecule has 1 fully saturated rings. The molecule has 9 heteroatoms. The fourth-order valence-electron chi connectivity index (χ4n) is 4.29. The molecular formula is C21H25F2N3O3S. The Balaban J connectivity index is 1.72. The molecule has 1 aliphatic heterocycles. The van der Waals surface area contributed by atoms with Crippen LogP contribution >= 0.6 is 0 Å². The molecular weight excluding hydrogens is 412 g/mol. The molecule has 3 aromatic rings. The van der Waals surface area contributed by atoms with E-state index in [1.807, 2.05) is 0 Å². The lowest BCUT2D eigenvalue weighted by Crippen LogP contribution is -2.54. The normalized spacial score (nSPS) is 20.0. The first-order chi connectivity index (χ1) is 14.1. The van der Waals surface area contributed by atoms with Gasteiger partial charge in [0, 0.05) is 48.0 Å². The van der Waals surface area contributed by atoms with Crippen LogP contribution in [0.5, 0.6) is 0 Å². The molecule has 2 heterocycles. The van der Waals surface area contributed by atoms with Crippen LogP contribution in [0.2, 0.25) is 0 Å². The molecule has 0 amide bonds. The fourth-order valence-corrected chi connectivity index (χ4v) is 6.10. The number of halogens is 2. The fraction of sp³-hybridized carbons (Fsp3) is 0.429. The van der Waals surface area contributed by atoms with Crippen molar-refractivity contribution >= 4 is 32.0 Å². The van der Waals surface area contributed by atoms with Gasteiger partial charge in [0.05, 0.1) is 12.1 Å². The number of benzene rings is 2. The molecule has 1 unspecified atom stereocenters. The van der Waals surface area contributed by atoms with Crippen LogP contribution in [0.4, 0.5) is 8.78 Å². The van der Waals surface area contributed by atoms with E-state index < -0.39 is 27.4 Å². The number of aliphatic hydroxyl groups is 1. The maximum atomic E-state index is 13.8. The molecule has 1 atom stereocenters. The van der Waals surface area contributed by atoms with Gasteiger partial charge in [-0.25, -0.2) is 8.78 Å². The van der Waals surface area contributed by atoms with Crippen LogP contribution in [0.3, 0.4) is 0 Å². The minimum atomic E-state index is -3.62. The van der Waals surface area contributed by atoms with Gasteiger partial charge in [-0.2, -0.15) is 17.0 Å². The highest BCUT2D eigenvalue weighted by Crippen LogP contribution is 2.32. The maximum absolute atomic E-state index is 13.8. The smallest absolute Gasteiger partial charge is 0.282 e. The topological polar surface area (TPSA) is 65.8 Å². The van der Waals surface area contributed by atoms with Gasteiger partial charge < -0.3 is 9.67 Å². The second-order valence-corrected chi connectivity index (χ2v) is 10.0. The van der Waals surface area contributed by atoms with E-state index >= 15 is 0 Å². The van der Waals surface area contributed by atoms with Crippen molar-refractivity contribution in [2.75, 3.05) is 26.2 Å². The maximum Gasteiger partial charge on any atom is 0.282 e. The highest BCUT2D eigenvalue weighted by molar-refractivity contribution is 7.86. The predicted molar refractivity (Wildman–Crippen MR) is 112 cm³/mol. The average molecular weight is 438 g/mol. The van der Waals surface area contributed by atoms with Gasteiger partial charge in [0.2, 0.25) is 0 Å². The third-order valence-corrected chi connectivity index (χ3v) is 7.68. The van der Waals surface area contributed by atoms with E-state index in [4.69, 9.17) is 0 Å². The zero-order valence-corrected chi connectivity index (χ0v) is 17.8. The van der Waals surface area contributed by atoms with Gasteiger partial charge in [-0.05, 0) is 49.7 Å². The van der Waals surface area contributed by atoms with E-state index in [2.05, 4.69) is 0 Å². The lowest BCUT2D eigenvalue weighted by Gasteiger charge is -2.38. The van der Waals surface area contributed by atoms with Crippen molar-refractivity contribution in [3.8, 4) is 0 Å². The van der Waals surface area contributed by atoms with E-state index in [-0.39, 0.29) is 13.1 Å². The summed E-state index contributed by atoms with van der Waals surface area (Å²) in [5, 5.41) is 12.3. The Kier molecular flexibility index (Phi) is 5.34. The zero-order chi connectivity index (χ0) is 21.7. The van der Waals surface area contributed by atoms with Crippen molar-refractivity contribution in [3.05, 3.63) is 48.0 Å². The summed E-state index contributed by atoms with van der Waals surface area (Å²) < 4.78 is 57.7.